The lowest BCUT2D eigenvalue weighted by Crippen LogP contribution is -2.09. The average Bonchev–Trinajstić information content (AvgIpc) is 1.94. The summed E-state index contributed by atoms with van der Waals surface area (Å²) in [5.74, 6) is -0.938. The van der Waals surface area contributed by atoms with Crippen LogP contribution in [0.1, 0.15) is 11.1 Å². The number of hydrogen-bond acceptors (Lipinski definition) is 1. The van der Waals surface area contributed by atoms with E-state index < -0.39 is 23.1 Å². The van der Waals surface area contributed by atoms with Crippen molar-refractivity contribution < 1.29 is 17.6 Å². The van der Waals surface area contributed by atoms with Crippen molar-refractivity contribution in [2.24, 2.45) is 0 Å². The number of rotatable bonds is 0. The molecule has 0 heterocycles. The zero-order valence-electron chi connectivity index (χ0n) is 6.74. The molecule has 0 spiro atoms. The molecule has 13 heavy (non-hydrogen) atoms. The maximum absolute atomic E-state index is 12.8. The van der Waals surface area contributed by atoms with Crippen molar-refractivity contribution in [3.8, 4) is 0 Å². The molecule has 1 rings (SSSR count). The second-order valence-electron chi connectivity index (χ2n) is 2.67. The largest absolute Gasteiger partial charge is 0.416 e. The number of hydrogen-bond donors (Lipinski definition) is 1. The Labute approximate surface area is 72.2 Å². The molecule has 0 bridgehead atoms. The minimum Gasteiger partial charge on any atom is -0.399 e. The lowest BCUT2D eigenvalue weighted by molar-refractivity contribution is -0.138. The first-order valence-electron chi connectivity index (χ1n) is 3.45. The van der Waals surface area contributed by atoms with Crippen LogP contribution >= 0.6 is 0 Å². The second-order valence-corrected chi connectivity index (χ2v) is 2.67. The summed E-state index contributed by atoms with van der Waals surface area (Å²) in [6.45, 7) is 1.07. The first-order chi connectivity index (χ1) is 5.82. The first kappa shape index (κ1) is 9.83. The summed E-state index contributed by atoms with van der Waals surface area (Å²) in [4.78, 5) is 0. The van der Waals surface area contributed by atoms with Crippen LogP contribution in [-0.4, -0.2) is 0 Å². The molecule has 2 N–H and O–H groups in total. The number of halogens is 4. The van der Waals surface area contributed by atoms with Gasteiger partial charge in [0, 0.05) is 5.69 Å². The molecule has 1 aromatic rings. The van der Waals surface area contributed by atoms with Crippen molar-refractivity contribution in [3.05, 3.63) is 29.1 Å². The summed E-state index contributed by atoms with van der Waals surface area (Å²) >= 11 is 0. The van der Waals surface area contributed by atoms with E-state index in [0.29, 0.717) is 0 Å². The van der Waals surface area contributed by atoms with Gasteiger partial charge in [-0.2, -0.15) is 13.2 Å². The van der Waals surface area contributed by atoms with E-state index in [1.807, 2.05) is 0 Å². The highest BCUT2D eigenvalue weighted by Gasteiger charge is 2.33. The summed E-state index contributed by atoms with van der Waals surface area (Å²) in [6.07, 6.45) is -4.56. The van der Waals surface area contributed by atoms with E-state index in [2.05, 4.69) is 0 Å². The maximum Gasteiger partial charge on any atom is 0.416 e. The lowest BCUT2D eigenvalue weighted by atomic mass is 10.1. The fourth-order valence-corrected chi connectivity index (χ4v) is 0.994. The third-order valence-electron chi connectivity index (χ3n) is 1.67. The van der Waals surface area contributed by atoms with Crippen LogP contribution in [0.3, 0.4) is 0 Å². The topological polar surface area (TPSA) is 26.0 Å². The van der Waals surface area contributed by atoms with Crippen molar-refractivity contribution in [2.45, 2.75) is 13.1 Å². The molecule has 0 aliphatic rings. The van der Waals surface area contributed by atoms with Gasteiger partial charge in [-0.05, 0) is 24.6 Å². The van der Waals surface area contributed by atoms with Gasteiger partial charge < -0.3 is 5.73 Å². The van der Waals surface area contributed by atoms with Crippen molar-refractivity contribution in [3.63, 3.8) is 0 Å². The Morgan fingerprint density at radius 2 is 1.77 bits per heavy atom. The van der Waals surface area contributed by atoms with Crippen LogP contribution in [0.2, 0.25) is 0 Å². The Kier molecular flexibility index (Phi) is 2.19. The van der Waals surface area contributed by atoms with Crippen molar-refractivity contribution in [1.29, 1.82) is 0 Å². The molecular formula is C8H7F4N. The van der Waals surface area contributed by atoms with Crippen molar-refractivity contribution in [2.75, 3.05) is 5.73 Å². The van der Waals surface area contributed by atoms with E-state index in [1.165, 1.54) is 0 Å². The molecule has 0 fully saturated rings. The SMILES string of the molecule is Cc1c(F)cc(N)cc1C(F)(F)F. The van der Waals surface area contributed by atoms with Gasteiger partial charge in [-0.1, -0.05) is 0 Å². The third-order valence-corrected chi connectivity index (χ3v) is 1.67. The number of nitrogen functional groups attached to an aromatic ring is 1. The Morgan fingerprint density at radius 3 is 2.23 bits per heavy atom. The van der Waals surface area contributed by atoms with Crippen LogP contribution in [-0.2, 0) is 6.18 Å². The van der Waals surface area contributed by atoms with Crippen LogP contribution in [0.25, 0.3) is 0 Å². The van der Waals surface area contributed by atoms with Gasteiger partial charge in [0.1, 0.15) is 5.82 Å². The van der Waals surface area contributed by atoms with Gasteiger partial charge in [0.25, 0.3) is 0 Å². The van der Waals surface area contributed by atoms with E-state index in [4.69, 9.17) is 5.73 Å². The number of benzene rings is 1. The highest BCUT2D eigenvalue weighted by Crippen LogP contribution is 2.33. The van der Waals surface area contributed by atoms with Gasteiger partial charge >= 0.3 is 6.18 Å². The smallest absolute Gasteiger partial charge is 0.399 e. The van der Waals surface area contributed by atoms with Gasteiger partial charge in [-0.3, -0.25) is 0 Å². The summed E-state index contributed by atoms with van der Waals surface area (Å²) in [7, 11) is 0. The maximum atomic E-state index is 12.8. The minimum absolute atomic E-state index is 0.226. The van der Waals surface area contributed by atoms with Gasteiger partial charge in [0.15, 0.2) is 0 Å². The van der Waals surface area contributed by atoms with Gasteiger partial charge in [-0.25, -0.2) is 4.39 Å². The Balaban J connectivity index is 3.37. The first-order valence-corrected chi connectivity index (χ1v) is 3.45. The number of alkyl halides is 3. The Bertz CT molecular complexity index is 330. The van der Waals surface area contributed by atoms with E-state index in [1.54, 1.807) is 0 Å². The molecule has 0 saturated carbocycles. The molecular weight excluding hydrogens is 186 g/mol. The van der Waals surface area contributed by atoms with Crippen LogP contribution in [0, 0.1) is 12.7 Å². The number of nitrogens with two attached hydrogens (primary N) is 1. The highest BCUT2D eigenvalue weighted by atomic mass is 19.4. The third kappa shape index (κ3) is 1.91. The van der Waals surface area contributed by atoms with Crippen LogP contribution < -0.4 is 5.73 Å². The Hall–Kier alpha value is -1.26. The van der Waals surface area contributed by atoms with Gasteiger partial charge in [0.05, 0.1) is 5.56 Å². The Morgan fingerprint density at radius 1 is 1.23 bits per heavy atom. The standard InChI is InChI=1S/C8H7F4N/c1-4-6(8(10,11)12)2-5(13)3-7(4)9/h2-3H,13H2,1H3. The molecule has 0 saturated heterocycles. The quantitative estimate of drug-likeness (QED) is 0.497. The monoisotopic (exact) mass is 193 g/mol. The molecule has 5 heteroatoms. The van der Waals surface area contributed by atoms with E-state index in [-0.39, 0.29) is 5.69 Å². The zero-order chi connectivity index (χ0) is 10.2. The summed E-state index contributed by atoms with van der Waals surface area (Å²) in [5.41, 5.74) is 3.41. The normalized spacial score (nSPS) is 11.8. The fraction of sp³-hybridized carbons (Fsp3) is 0.250. The molecule has 0 radical (unpaired) electrons. The molecule has 0 aliphatic carbocycles. The molecule has 0 amide bonds. The second kappa shape index (κ2) is 2.90. The zero-order valence-corrected chi connectivity index (χ0v) is 6.74. The molecule has 0 aromatic heterocycles. The minimum atomic E-state index is -4.56. The van der Waals surface area contributed by atoms with Gasteiger partial charge in [-0.15, -0.1) is 0 Å². The highest BCUT2D eigenvalue weighted by molar-refractivity contribution is 5.46. The molecule has 1 aromatic carbocycles. The lowest BCUT2D eigenvalue weighted by Gasteiger charge is -2.11. The number of anilines is 1. The predicted molar refractivity (Wildman–Crippen MR) is 40.6 cm³/mol. The fourth-order valence-electron chi connectivity index (χ4n) is 0.994. The summed E-state index contributed by atoms with van der Waals surface area (Å²) in [5, 5.41) is 0. The van der Waals surface area contributed by atoms with Crippen LogP contribution in [0.15, 0.2) is 12.1 Å². The van der Waals surface area contributed by atoms with Gasteiger partial charge in [0.2, 0.25) is 0 Å². The van der Waals surface area contributed by atoms with Crippen LogP contribution in [0.5, 0.6) is 0 Å². The predicted octanol–water partition coefficient (Wildman–Crippen LogP) is 2.74. The molecule has 0 atom stereocenters. The summed E-state index contributed by atoms with van der Waals surface area (Å²) in [6, 6.07) is 1.59. The summed E-state index contributed by atoms with van der Waals surface area (Å²) < 4.78 is 49.3. The van der Waals surface area contributed by atoms with Crippen LogP contribution in [0.4, 0.5) is 23.2 Å². The van der Waals surface area contributed by atoms with E-state index >= 15 is 0 Å². The average molecular weight is 193 g/mol. The van der Waals surface area contributed by atoms with E-state index in [9.17, 15) is 17.6 Å². The molecule has 1 nitrogen and oxygen atoms in total. The molecule has 72 valence electrons. The van der Waals surface area contributed by atoms with Crippen molar-refractivity contribution in [1.82, 2.24) is 0 Å². The molecule has 0 unspecified atom stereocenters. The van der Waals surface area contributed by atoms with Crippen molar-refractivity contribution >= 4 is 5.69 Å². The molecule has 0 aliphatic heterocycles. The van der Waals surface area contributed by atoms with E-state index in [0.717, 1.165) is 19.1 Å².